The van der Waals surface area contributed by atoms with Gasteiger partial charge in [0.05, 0.1) is 43.0 Å². The molecule has 4 N–H and O–H groups in total. The second-order valence-corrected chi connectivity index (χ2v) is 14.8. The fraction of sp³-hybridized carbons (Fsp3) is 0.450. The lowest BCUT2D eigenvalue weighted by Crippen LogP contribution is -2.51. The fourth-order valence-electron chi connectivity index (χ4n) is 7.68. The highest BCUT2D eigenvalue weighted by atomic mass is 16.5. The van der Waals surface area contributed by atoms with Gasteiger partial charge in [-0.3, -0.25) is 14.5 Å². The van der Waals surface area contributed by atoms with E-state index in [0.717, 1.165) is 70.0 Å². The number of carbonyl (C=O) groups excluding carboxylic acids is 3. The van der Waals surface area contributed by atoms with E-state index in [1.54, 1.807) is 22.2 Å². The molecule has 0 spiro atoms. The van der Waals surface area contributed by atoms with Gasteiger partial charge in [-0.2, -0.15) is 0 Å². The van der Waals surface area contributed by atoms with Gasteiger partial charge < -0.3 is 34.9 Å². The number of rotatable bonds is 11. The minimum absolute atomic E-state index is 0.107. The quantitative estimate of drug-likeness (QED) is 0.135. The van der Waals surface area contributed by atoms with Crippen molar-refractivity contribution in [2.45, 2.75) is 77.5 Å². The molecule has 2 aliphatic heterocycles. The van der Waals surface area contributed by atoms with Gasteiger partial charge in [-0.1, -0.05) is 76.2 Å². The van der Waals surface area contributed by atoms with Crippen LogP contribution in [0.4, 0.5) is 9.59 Å². The lowest BCUT2D eigenvalue weighted by atomic mass is 10.0. The van der Waals surface area contributed by atoms with Crippen LogP contribution in [-0.2, 0) is 14.3 Å². The standard InChI is InChI=1S/C40H50N8O6/c1-23(2)33(45-39(51)54-6)37(49)47-19-7-9-31(47)35-41-21-29(43-35)27-15-11-25(12-16-27)26-13-17-28(18-14-26)30-22-42-36(44-30)32-10-8-20-48(32)38(50)34(24(3)4)46(5)40(52)53/h11-18,21-24,31-34H,7-10,19-20H2,1-6H3,(H,41,43)(H,42,44)(H,45,51)(H,52,53)/t31?,32-,33+,34-/m0/s1. The van der Waals surface area contributed by atoms with Gasteiger partial charge in [-0.05, 0) is 59.8 Å². The van der Waals surface area contributed by atoms with Crippen molar-refractivity contribution >= 4 is 24.0 Å². The first kappa shape index (κ1) is 38.1. The Morgan fingerprint density at radius 1 is 0.759 bits per heavy atom. The molecule has 0 aliphatic carbocycles. The number of carbonyl (C=O) groups is 4. The van der Waals surface area contributed by atoms with Crippen molar-refractivity contribution in [2.75, 3.05) is 27.2 Å². The number of hydrogen-bond acceptors (Lipinski definition) is 7. The predicted octanol–water partition coefficient (Wildman–Crippen LogP) is 6.48. The first-order valence-corrected chi connectivity index (χ1v) is 18.6. The Labute approximate surface area is 315 Å². The maximum Gasteiger partial charge on any atom is 0.407 e. The molecule has 54 heavy (non-hydrogen) atoms. The van der Waals surface area contributed by atoms with Crippen molar-refractivity contribution in [1.29, 1.82) is 0 Å². The smallest absolute Gasteiger partial charge is 0.407 e. The number of nitrogens with zero attached hydrogens (tertiary/aromatic N) is 5. The molecule has 14 heteroatoms. The molecule has 1 unspecified atom stereocenters. The first-order chi connectivity index (χ1) is 25.9. The van der Waals surface area contributed by atoms with Crippen LogP contribution >= 0.6 is 0 Å². The van der Waals surface area contributed by atoms with E-state index in [1.807, 2.05) is 52.0 Å². The number of H-pyrrole nitrogens is 2. The van der Waals surface area contributed by atoms with Crippen molar-refractivity contribution in [3.8, 4) is 33.6 Å². The van der Waals surface area contributed by atoms with Crippen LogP contribution < -0.4 is 5.32 Å². The minimum Gasteiger partial charge on any atom is -0.465 e. The molecular weight excluding hydrogens is 688 g/mol. The molecule has 4 amide bonds. The van der Waals surface area contributed by atoms with Gasteiger partial charge in [-0.15, -0.1) is 0 Å². The number of likely N-dealkylation sites (N-methyl/N-ethyl adjacent to an activating group) is 1. The Morgan fingerprint density at radius 3 is 1.61 bits per heavy atom. The van der Waals surface area contributed by atoms with Crippen molar-refractivity contribution in [3.05, 3.63) is 72.6 Å². The summed E-state index contributed by atoms with van der Waals surface area (Å²) in [6, 6.07) is 14.5. The predicted molar refractivity (Wildman–Crippen MR) is 203 cm³/mol. The van der Waals surface area contributed by atoms with Crippen molar-refractivity contribution in [3.63, 3.8) is 0 Å². The monoisotopic (exact) mass is 738 g/mol. The summed E-state index contributed by atoms with van der Waals surface area (Å²) in [5.41, 5.74) is 5.71. The van der Waals surface area contributed by atoms with Crippen LogP contribution in [0, 0.1) is 11.8 Å². The number of methoxy groups -OCH3 is 1. The van der Waals surface area contributed by atoms with Crippen molar-refractivity contribution in [2.24, 2.45) is 11.8 Å². The summed E-state index contributed by atoms with van der Waals surface area (Å²) in [5, 5.41) is 12.3. The highest BCUT2D eigenvalue weighted by Crippen LogP contribution is 2.35. The summed E-state index contributed by atoms with van der Waals surface area (Å²) < 4.78 is 4.75. The fourth-order valence-corrected chi connectivity index (χ4v) is 7.68. The van der Waals surface area contributed by atoms with Crippen LogP contribution in [0.1, 0.15) is 77.1 Å². The number of aromatic nitrogens is 4. The minimum atomic E-state index is -1.13. The number of aromatic amines is 2. The molecule has 2 aliphatic rings. The number of alkyl carbamates (subject to hydrolysis) is 1. The number of ether oxygens (including phenoxy) is 1. The largest absolute Gasteiger partial charge is 0.465 e. The Balaban J connectivity index is 1.11. The first-order valence-electron chi connectivity index (χ1n) is 18.6. The molecule has 4 heterocycles. The van der Waals surface area contributed by atoms with E-state index in [4.69, 9.17) is 4.74 Å². The second-order valence-electron chi connectivity index (χ2n) is 14.8. The summed E-state index contributed by atoms with van der Waals surface area (Å²) in [7, 11) is 2.73. The number of benzene rings is 2. The van der Waals surface area contributed by atoms with Gasteiger partial charge in [0.25, 0.3) is 0 Å². The molecular formula is C40H50N8O6. The van der Waals surface area contributed by atoms with Crippen LogP contribution in [0.2, 0.25) is 0 Å². The topological polar surface area (TPSA) is 177 Å². The number of imidazole rings is 2. The Morgan fingerprint density at radius 2 is 1.20 bits per heavy atom. The Bertz CT molecular complexity index is 1950. The molecule has 0 bridgehead atoms. The number of amides is 4. The number of carboxylic acid groups (broad SMARTS) is 1. The van der Waals surface area contributed by atoms with E-state index in [2.05, 4.69) is 49.5 Å². The van der Waals surface area contributed by atoms with Gasteiger partial charge in [0.1, 0.15) is 23.7 Å². The maximum atomic E-state index is 13.6. The van der Waals surface area contributed by atoms with Gasteiger partial charge >= 0.3 is 12.2 Å². The van der Waals surface area contributed by atoms with Crippen LogP contribution in [0.3, 0.4) is 0 Å². The molecule has 4 aromatic rings. The van der Waals surface area contributed by atoms with Gasteiger partial charge in [-0.25, -0.2) is 19.6 Å². The highest BCUT2D eigenvalue weighted by molar-refractivity contribution is 5.87. The average Bonchev–Trinajstić information content (AvgIpc) is 4.00. The third-order valence-corrected chi connectivity index (χ3v) is 10.6. The molecule has 4 atom stereocenters. The number of nitrogens with one attached hydrogen (secondary N) is 3. The maximum absolute atomic E-state index is 13.6. The van der Waals surface area contributed by atoms with Crippen molar-refractivity contribution in [1.82, 2.24) is 40.0 Å². The van der Waals surface area contributed by atoms with Gasteiger partial charge in [0, 0.05) is 20.1 Å². The molecule has 6 rings (SSSR count). The van der Waals surface area contributed by atoms with E-state index in [9.17, 15) is 24.3 Å². The van der Waals surface area contributed by atoms with E-state index in [0.29, 0.717) is 18.9 Å². The van der Waals surface area contributed by atoms with Crippen LogP contribution in [-0.4, -0.2) is 103 Å². The molecule has 14 nitrogen and oxygen atoms in total. The van der Waals surface area contributed by atoms with Gasteiger partial charge in [0.15, 0.2) is 0 Å². The summed E-state index contributed by atoms with van der Waals surface area (Å²) in [5.74, 6) is 0.793. The van der Waals surface area contributed by atoms with E-state index in [1.165, 1.54) is 14.2 Å². The lowest BCUT2D eigenvalue weighted by Gasteiger charge is -2.33. The highest BCUT2D eigenvalue weighted by Gasteiger charge is 2.40. The van der Waals surface area contributed by atoms with E-state index >= 15 is 0 Å². The molecule has 2 saturated heterocycles. The van der Waals surface area contributed by atoms with Crippen LogP contribution in [0.15, 0.2) is 60.9 Å². The Kier molecular flexibility index (Phi) is 11.4. The van der Waals surface area contributed by atoms with Gasteiger partial charge in [0.2, 0.25) is 11.8 Å². The summed E-state index contributed by atoms with van der Waals surface area (Å²) >= 11 is 0. The SMILES string of the molecule is COC(=O)N[C@@H](C(=O)N1CCCC1c1ncc(-c2ccc(-c3ccc(-c4cnc([C@@H]5CCCN5C(=O)[C@H](C(C)C)N(C)C(=O)O)[nH]4)cc3)cc2)[nH]1)C(C)C. The number of likely N-dealkylation sites (tertiary alicyclic amines) is 2. The molecule has 2 aromatic heterocycles. The molecule has 0 saturated carbocycles. The third-order valence-electron chi connectivity index (χ3n) is 10.6. The molecule has 0 radical (unpaired) electrons. The van der Waals surface area contributed by atoms with E-state index < -0.39 is 24.3 Å². The van der Waals surface area contributed by atoms with Crippen molar-refractivity contribution < 1.29 is 29.0 Å². The van der Waals surface area contributed by atoms with Crippen LogP contribution in [0.25, 0.3) is 33.6 Å². The third kappa shape index (κ3) is 7.82. The lowest BCUT2D eigenvalue weighted by molar-refractivity contribution is -0.138. The summed E-state index contributed by atoms with van der Waals surface area (Å²) in [6.45, 7) is 8.66. The Hall–Kier alpha value is -5.66. The second kappa shape index (κ2) is 16.1. The molecule has 2 fully saturated rings. The van der Waals surface area contributed by atoms with Crippen LogP contribution in [0.5, 0.6) is 0 Å². The summed E-state index contributed by atoms with van der Waals surface area (Å²) in [6.07, 6.45) is 5.02. The summed E-state index contributed by atoms with van der Waals surface area (Å²) in [4.78, 5) is 71.6. The number of hydrogen-bond donors (Lipinski definition) is 4. The zero-order chi connectivity index (χ0) is 38.7. The average molecular weight is 739 g/mol. The zero-order valence-corrected chi connectivity index (χ0v) is 31.7. The normalized spacial score (nSPS) is 18.2. The molecule has 286 valence electrons. The molecule has 2 aromatic carbocycles. The van der Waals surface area contributed by atoms with E-state index in [-0.39, 0.29) is 35.7 Å². The zero-order valence-electron chi connectivity index (χ0n) is 31.7.